The molecule has 3 heteroatoms. The normalized spacial score (nSPS) is 21.5. The van der Waals surface area contributed by atoms with E-state index in [1.165, 1.54) is 11.1 Å². The van der Waals surface area contributed by atoms with Crippen LogP contribution in [0.25, 0.3) is 0 Å². The van der Waals surface area contributed by atoms with Gasteiger partial charge in [-0.05, 0) is 26.5 Å². The van der Waals surface area contributed by atoms with Gasteiger partial charge in [-0.25, -0.2) is 0 Å². The molecule has 3 nitrogen and oxygen atoms in total. The molecule has 2 atom stereocenters. The lowest BCUT2D eigenvalue weighted by molar-refractivity contribution is 0.177. The van der Waals surface area contributed by atoms with Gasteiger partial charge in [-0.2, -0.15) is 0 Å². The van der Waals surface area contributed by atoms with Crippen molar-refractivity contribution in [2.24, 2.45) is 5.92 Å². The molecule has 2 unspecified atom stereocenters. The summed E-state index contributed by atoms with van der Waals surface area (Å²) in [5.41, 5.74) is 2.51. The number of ether oxygens (including phenoxy) is 2. The van der Waals surface area contributed by atoms with Crippen LogP contribution in [0.5, 0.6) is 5.75 Å². The Hall–Kier alpha value is -1.06. The molecule has 17 heavy (non-hydrogen) atoms. The molecule has 1 N–H and O–H groups in total. The number of nitrogens with one attached hydrogen (secondary N) is 1. The Morgan fingerprint density at radius 1 is 1.47 bits per heavy atom. The van der Waals surface area contributed by atoms with Crippen LogP contribution in [0.1, 0.15) is 23.6 Å². The standard InChI is InChI=1S/C14H21NO2/c1-10-4-5-13(16-3)12(8-10)14(15-2)11-6-7-17-9-11/h4-5,8,11,14-15H,6-7,9H2,1-3H3. The van der Waals surface area contributed by atoms with Crippen LogP contribution in [-0.4, -0.2) is 27.4 Å². The van der Waals surface area contributed by atoms with E-state index in [2.05, 4.69) is 24.4 Å². The van der Waals surface area contributed by atoms with Crippen LogP contribution >= 0.6 is 0 Å². The Labute approximate surface area is 103 Å². The van der Waals surface area contributed by atoms with Crippen molar-refractivity contribution in [1.82, 2.24) is 5.32 Å². The predicted octanol–water partition coefficient (Wildman–Crippen LogP) is 2.30. The van der Waals surface area contributed by atoms with Gasteiger partial charge in [0.2, 0.25) is 0 Å². The summed E-state index contributed by atoms with van der Waals surface area (Å²) in [5, 5.41) is 3.40. The third kappa shape index (κ3) is 2.61. The van der Waals surface area contributed by atoms with Crippen LogP contribution in [0.2, 0.25) is 0 Å². The lowest BCUT2D eigenvalue weighted by atomic mass is 9.91. The summed E-state index contributed by atoms with van der Waals surface area (Å²) in [7, 11) is 3.73. The van der Waals surface area contributed by atoms with Crippen molar-refractivity contribution in [3.63, 3.8) is 0 Å². The minimum absolute atomic E-state index is 0.312. The second kappa shape index (κ2) is 5.52. The highest BCUT2D eigenvalue weighted by Crippen LogP contribution is 2.34. The van der Waals surface area contributed by atoms with Gasteiger partial charge in [-0.3, -0.25) is 0 Å². The first-order valence-corrected chi connectivity index (χ1v) is 6.15. The maximum atomic E-state index is 5.48. The van der Waals surface area contributed by atoms with Gasteiger partial charge in [0, 0.05) is 24.1 Å². The molecule has 0 radical (unpaired) electrons. The Kier molecular flexibility index (Phi) is 4.02. The summed E-state index contributed by atoms with van der Waals surface area (Å²) >= 11 is 0. The minimum Gasteiger partial charge on any atom is -0.496 e. The van der Waals surface area contributed by atoms with Crippen molar-refractivity contribution in [3.8, 4) is 5.75 Å². The molecule has 0 saturated carbocycles. The van der Waals surface area contributed by atoms with Crippen molar-refractivity contribution in [3.05, 3.63) is 29.3 Å². The van der Waals surface area contributed by atoms with Gasteiger partial charge in [0.1, 0.15) is 5.75 Å². The monoisotopic (exact) mass is 235 g/mol. The van der Waals surface area contributed by atoms with E-state index in [1.54, 1.807) is 7.11 Å². The van der Waals surface area contributed by atoms with Gasteiger partial charge in [0.05, 0.1) is 13.7 Å². The van der Waals surface area contributed by atoms with Gasteiger partial charge < -0.3 is 14.8 Å². The van der Waals surface area contributed by atoms with Gasteiger partial charge in [-0.1, -0.05) is 17.7 Å². The number of benzene rings is 1. The second-order valence-corrected chi connectivity index (χ2v) is 4.64. The molecule has 1 saturated heterocycles. The quantitative estimate of drug-likeness (QED) is 0.868. The fourth-order valence-corrected chi connectivity index (χ4v) is 2.56. The van der Waals surface area contributed by atoms with E-state index >= 15 is 0 Å². The first-order chi connectivity index (χ1) is 8.26. The van der Waals surface area contributed by atoms with E-state index in [9.17, 15) is 0 Å². The Bertz CT molecular complexity index is 372. The van der Waals surface area contributed by atoms with E-state index in [0.717, 1.165) is 25.4 Å². The molecule has 1 aliphatic heterocycles. The summed E-state index contributed by atoms with van der Waals surface area (Å²) < 4.78 is 10.9. The van der Waals surface area contributed by atoms with Crippen LogP contribution in [0.4, 0.5) is 0 Å². The highest BCUT2D eigenvalue weighted by molar-refractivity contribution is 5.39. The zero-order valence-corrected chi connectivity index (χ0v) is 10.8. The van der Waals surface area contributed by atoms with Crippen molar-refractivity contribution in [2.75, 3.05) is 27.4 Å². The van der Waals surface area contributed by atoms with Crippen molar-refractivity contribution in [1.29, 1.82) is 0 Å². The SMILES string of the molecule is CNC(c1cc(C)ccc1OC)C1CCOC1. The molecule has 0 spiro atoms. The molecule has 1 fully saturated rings. The molecule has 0 aromatic heterocycles. The van der Waals surface area contributed by atoms with E-state index in [0.29, 0.717) is 12.0 Å². The summed E-state index contributed by atoms with van der Waals surface area (Å²) in [6.07, 6.45) is 1.11. The molecular weight excluding hydrogens is 214 g/mol. The maximum absolute atomic E-state index is 5.48. The van der Waals surface area contributed by atoms with Crippen molar-refractivity contribution in [2.45, 2.75) is 19.4 Å². The number of aryl methyl sites for hydroxylation is 1. The van der Waals surface area contributed by atoms with E-state index in [-0.39, 0.29) is 0 Å². The molecule has 2 rings (SSSR count). The van der Waals surface area contributed by atoms with Crippen LogP contribution < -0.4 is 10.1 Å². The summed E-state index contributed by atoms with van der Waals surface area (Å²) in [6, 6.07) is 6.65. The van der Waals surface area contributed by atoms with Gasteiger partial charge in [0.15, 0.2) is 0 Å². The van der Waals surface area contributed by atoms with Crippen LogP contribution in [-0.2, 0) is 4.74 Å². The highest BCUT2D eigenvalue weighted by Gasteiger charge is 2.27. The number of rotatable bonds is 4. The fourth-order valence-electron chi connectivity index (χ4n) is 2.56. The third-order valence-electron chi connectivity index (χ3n) is 3.47. The Morgan fingerprint density at radius 2 is 2.29 bits per heavy atom. The predicted molar refractivity (Wildman–Crippen MR) is 68.5 cm³/mol. The average molecular weight is 235 g/mol. The average Bonchev–Trinajstić information content (AvgIpc) is 2.84. The zero-order valence-electron chi connectivity index (χ0n) is 10.8. The first-order valence-electron chi connectivity index (χ1n) is 6.15. The molecule has 0 aliphatic carbocycles. The molecule has 94 valence electrons. The summed E-state index contributed by atoms with van der Waals surface area (Å²) in [5.74, 6) is 1.50. The molecule has 0 amide bonds. The van der Waals surface area contributed by atoms with Crippen LogP contribution in [0, 0.1) is 12.8 Å². The topological polar surface area (TPSA) is 30.5 Å². The number of methoxy groups -OCH3 is 1. The second-order valence-electron chi connectivity index (χ2n) is 4.64. The lowest BCUT2D eigenvalue weighted by Crippen LogP contribution is -2.26. The smallest absolute Gasteiger partial charge is 0.123 e. The molecular formula is C14H21NO2. The van der Waals surface area contributed by atoms with Crippen molar-refractivity contribution < 1.29 is 9.47 Å². The number of hydrogen-bond acceptors (Lipinski definition) is 3. The first kappa shape index (κ1) is 12.4. The largest absolute Gasteiger partial charge is 0.496 e. The van der Waals surface area contributed by atoms with E-state index in [1.807, 2.05) is 13.1 Å². The van der Waals surface area contributed by atoms with Gasteiger partial charge in [0.25, 0.3) is 0 Å². The number of hydrogen-bond donors (Lipinski definition) is 1. The summed E-state index contributed by atoms with van der Waals surface area (Å²) in [4.78, 5) is 0. The lowest BCUT2D eigenvalue weighted by Gasteiger charge is -2.24. The molecule has 1 heterocycles. The summed E-state index contributed by atoms with van der Waals surface area (Å²) in [6.45, 7) is 3.82. The molecule has 1 aliphatic rings. The van der Waals surface area contributed by atoms with Crippen LogP contribution in [0.15, 0.2) is 18.2 Å². The molecule has 1 aromatic rings. The highest BCUT2D eigenvalue weighted by atomic mass is 16.5. The van der Waals surface area contributed by atoms with Crippen LogP contribution in [0.3, 0.4) is 0 Å². The minimum atomic E-state index is 0.312. The maximum Gasteiger partial charge on any atom is 0.123 e. The van der Waals surface area contributed by atoms with Gasteiger partial charge >= 0.3 is 0 Å². The van der Waals surface area contributed by atoms with Gasteiger partial charge in [-0.15, -0.1) is 0 Å². The van der Waals surface area contributed by atoms with E-state index < -0.39 is 0 Å². The Morgan fingerprint density at radius 3 is 2.88 bits per heavy atom. The fraction of sp³-hybridized carbons (Fsp3) is 0.571. The zero-order chi connectivity index (χ0) is 12.3. The molecule has 1 aromatic carbocycles. The third-order valence-corrected chi connectivity index (χ3v) is 3.47. The molecule has 0 bridgehead atoms. The van der Waals surface area contributed by atoms with E-state index in [4.69, 9.17) is 9.47 Å². The van der Waals surface area contributed by atoms with Crippen molar-refractivity contribution >= 4 is 0 Å². The Balaban J connectivity index is 2.31.